The molecular weight excluding hydrogens is 260 g/mol. The van der Waals surface area contributed by atoms with Crippen LogP contribution in [0, 0.1) is 0 Å². The lowest BCUT2D eigenvalue weighted by Gasteiger charge is -2.34. The summed E-state index contributed by atoms with van der Waals surface area (Å²) in [7, 11) is 1.81. The Bertz CT molecular complexity index is 303. The monoisotopic (exact) mass is 286 g/mol. The molecule has 1 amide bonds. The fourth-order valence-corrected chi connectivity index (χ4v) is 2.29. The van der Waals surface area contributed by atoms with Crippen molar-refractivity contribution in [2.45, 2.75) is 19.8 Å². The Labute approximate surface area is 121 Å². The number of carbonyl (C=O) groups is 1. The minimum atomic E-state index is 0.153. The molecule has 1 fully saturated rings. The van der Waals surface area contributed by atoms with E-state index in [0.29, 0.717) is 24.5 Å². The zero-order valence-electron chi connectivity index (χ0n) is 12.1. The van der Waals surface area contributed by atoms with E-state index < -0.39 is 0 Å². The van der Waals surface area contributed by atoms with Crippen LogP contribution in [0.25, 0.3) is 0 Å². The summed E-state index contributed by atoms with van der Waals surface area (Å²) in [6, 6.07) is 0. The van der Waals surface area contributed by atoms with Crippen molar-refractivity contribution in [3.05, 3.63) is 0 Å². The molecule has 0 aromatic rings. The van der Waals surface area contributed by atoms with E-state index in [1.165, 1.54) is 6.42 Å². The van der Waals surface area contributed by atoms with E-state index in [4.69, 9.17) is 18.0 Å². The van der Waals surface area contributed by atoms with E-state index in [-0.39, 0.29) is 5.91 Å². The highest BCUT2D eigenvalue weighted by Crippen LogP contribution is 2.03. The Morgan fingerprint density at radius 1 is 1.26 bits per heavy atom. The molecule has 0 spiro atoms. The molecule has 5 nitrogen and oxygen atoms in total. The SMILES string of the molecule is CCCN1CCN(CC(=O)N(C)CCC(N)=S)CC1. The summed E-state index contributed by atoms with van der Waals surface area (Å²) < 4.78 is 0. The molecular formula is C13H26N4OS. The molecule has 1 heterocycles. The predicted octanol–water partition coefficient (Wildman–Crippen LogP) is 0.149. The molecule has 0 atom stereocenters. The smallest absolute Gasteiger partial charge is 0.236 e. The Morgan fingerprint density at radius 2 is 1.84 bits per heavy atom. The van der Waals surface area contributed by atoms with Crippen molar-refractivity contribution in [1.82, 2.24) is 14.7 Å². The van der Waals surface area contributed by atoms with Gasteiger partial charge in [-0.3, -0.25) is 9.69 Å². The molecule has 0 bridgehead atoms. The van der Waals surface area contributed by atoms with Gasteiger partial charge in [-0.1, -0.05) is 19.1 Å². The molecule has 6 heteroatoms. The summed E-state index contributed by atoms with van der Waals surface area (Å²) >= 11 is 4.82. The maximum Gasteiger partial charge on any atom is 0.236 e. The third-order valence-corrected chi connectivity index (χ3v) is 3.69. The van der Waals surface area contributed by atoms with Crippen LogP contribution in [0.4, 0.5) is 0 Å². The normalized spacial score (nSPS) is 17.4. The van der Waals surface area contributed by atoms with Crippen LogP contribution in [-0.2, 0) is 4.79 Å². The van der Waals surface area contributed by atoms with E-state index in [1.54, 1.807) is 4.90 Å². The molecule has 19 heavy (non-hydrogen) atoms. The zero-order chi connectivity index (χ0) is 14.3. The molecule has 110 valence electrons. The van der Waals surface area contributed by atoms with E-state index in [2.05, 4.69) is 16.7 Å². The summed E-state index contributed by atoms with van der Waals surface area (Å²) in [5, 5.41) is 0. The molecule has 0 radical (unpaired) electrons. The van der Waals surface area contributed by atoms with Gasteiger partial charge in [-0.25, -0.2) is 0 Å². The van der Waals surface area contributed by atoms with Crippen molar-refractivity contribution in [3.63, 3.8) is 0 Å². The molecule has 1 rings (SSSR count). The van der Waals surface area contributed by atoms with Crippen LogP contribution in [0.5, 0.6) is 0 Å². The number of likely N-dealkylation sites (N-methyl/N-ethyl adjacent to an activating group) is 1. The van der Waals surface area contributed by atoms with Crippen LogP contribution < -0.4 is 5.73 Å². The van der Waals surface area contributed by atoms with E-state index in [0.717, 1.165) is 32.7 Å². The highest BCUT2D eigenvalue weighted by Gasteiger charge is 2.19. The van der Waals surface area contributed by atoms with Crippen LogP contribution in [0.1, 0.15) is 19.8 Å². The lowest BCUT2D eigenvalue weighted by Crippen LogP contribution is -2.49. The summed E-state index contributed by atoms with van der Waals surface area (Å²) in [6.45, 7) is 8.58. The van der Waals surface area contributed by atoms with Crippen LogP contribution in [0.15, 0.2) is 0 Å². The summed E-state index contributed by atoms with van der Waals surface area (Å²) in [5.41, 5.74) is 5.45. The van der Waals surface area contributed by atoms with Crippen LogP contribution in [0.3, 0.4) is 0 Å². The third kappa shape index (κ3) is 6.31. The number of thiocarbonyl (C=S) groups is 1. The average Bonchev–Trinajstić information content (AvgIpc) is 2.38. The first-order chi connectivity index (χ1) is 9.02. The average molecular weight is 286 g/mol. The van der Waals surface area contributed by atoms with Crippen molar-refractivity contribution < 1.29 is 4.79 Å². The highest BCUT2D eigenvalue weighted by atomic mass is 32.1. The highest BCUT2D eigenvalue weighted by molar-refractivity contribution is 7.80. The second-order valence-corrected chi connectivity index (χ2v) is 5.67. The molecule has 1 aliphatic rings. The van der Waals surface area contributed by atoms with Gasteiger partial charge in [-0.15, -0.1) is 0 Å². The van der Waals surface area contributed by atoms with Gasteiger partial charge in [0, 0.05) is 46.2 Å². The minimum Gasteiger partial charge on any atom is -0.393 e. The molecule has 1 saturated heterocycles. The van der Waals surface area contributed by atoms with Crippen molar-refractivity contribution in [1.29, 1.82) is 0 Å². The fourth-order valence-electron chi connectivity index (χ4n) is 2.20. The fraction of sp³-hybridized carbons (Fsp3) is 0.846. The van der Waals surface area contributed by atoms with Gasteiger partial charge >= 0.3 is 0 Å². The van der Waals surface area contributed by atoms with Crippen molar-refractivity contribution in [2.75, 3.05) is 52.9 Å². The van der Waals surface area contributed by atoms with Gasteiger partial charge in [-0.05, 0) is 13.0 Å². The second-order valence-electron chi connectivity index (χ2n) is 5.15. The minimum absolute atomic E-state index is 0.153. The van der Waals surface area contributed by atoms with E-state index in [1.807, 2.05) is 7.05 Å². The summed E-state index contributed by atoms with van der Waals surface area (Å²) in [6.07, 6.45) is 1.79. The number of carbonyl (C=O) groups excluding carboxylic acids is 1. The van der Waals surface area contributed by atoms with Gasteiger partial charge in [0.15, 0.2) is 0 Å². The number of nitrogens with zero attached hydrogens (tertiary/aromatic N) is 3. The Balaban J connectivity index is 2.24. The quantitative estimate of drug-likeness (QED) is 0.675. The third-order valence-electron chi connectivity index (χ3n) is 3.48. The van der Waals surface area contributed by atoms with Crippen LogP contribution >= 0.6 is 12.2 Å². The van der Waals surface area contributed by atoms with Gasteiger partial charge in [-0.2, -0.15) is 0 Å². The maximum absolute atomic E-state index is 12.0. The zero-order valence-corrected chi connectivity index (χ0v) is 12.9. The standard InChI is InChI=1S/C13H26N4OS/c1-3-5-16-7-9-17(10-8-16)11-13(18)15(2)6-4-12(14)19/h3-11H2,1-2H3,(H2,14,19). The molecule has 2 N–H and O–H groups in total. The largest absolute Gasteiger partial charge is 0.393 e. The lowest BCUT2D eigenvalue weighted by molar-refractivity contribution is -0.131. The number of amides is 1. The van der Waals surface area contributed by atoms with E-state index in [9.17, 15) is 4.79 Å². The Hall–Kier alpha value is -0.720. The van der Waals surface area contributed by atoms with Crippen molar-refractivity contribution in [2.24, 2.45) is 5.73 Å². The first-order valence-corrected chi connectivity index (χ1v) is 7.40. The van der Waals surface area contributed by atoms with Crippen LogP contribution in [0.2, 0.25) is 0 Å². The molecule has 0 aromatic heterocycles. The van der Waals surface area contributed by atoms with Gasteiger partial charge < -0.3 is 15.5 Å². The number of nitrogens with two attached hydrogens (primary N) is 1. The molecule has 0 aromatic carbocycles. The Morgan fingerprint density at radius 3 is 2.37 bits per heavy atom. The topological polar surface area (TPSA) is 52.8 Å². The first-order valence-electron chi connectivity index (χ1n) is 7.00. The van der Waals surface area contributed by atoms with Crippen LogP contribution in [-0.4, -0.2) is 78.5 Å². The molecule has 0 unspecified atom stereocenters. The number of hydrogen-bond acceptors (Lipinski definition) is 4. The number of hydrogen-bond donors (Lipinski definition) is 1. The first kappa shape index (κ1) is 16.3. The van der Waals surface area contributed by atoms with E-state index >= 15 is 0 Å². The van der Waals surface area contributed by atoms with Gasteiger partial charge in [0.25, 0.3) is 0 Å². The molecule has 0 aliphatic carbocycles. The Kier molecular flexibility index (Phi) is 7.27. The predicted molar refractivity (Wildman–Crippen MR) is 82.2 cm³/mol. The second kappa shape index (κ2) is 8.45. The van der Waals surface area contributed by atoms with Gasteiger partial charge in [0.1, 0.15) is 0 Å². The van der Waals surface area contributed by atoms with Gasteiger partial charge in [0.05, 0.1) is 11.5 Å². The lowest BCUT2D eigenvalue weighted by atomic mass is 10.3. The van der Waals surface area contributed by atoms with Crippen molar-refractivity contribution >= 4 is 23.1 Å². The maximum atomic E-state index is 12.0. The van der Waals surface area contributed by atoms with Crippen molar-refractivity contribution in [3.8, 4) is 0 Å². The number of piperazine rings is 1. The molecule has 0 saturated carbocycles. The van der Waals surface area contributed by atoms with Gasteiger partial charge in [0.2, 0.25) is 5.91 Å². The molecule has 1 aliphatic heterocycles. The summed E-state index contributed by atoms with van der Waals surface area (Å²) in [4.78, 5) is 18.9. The number of rotatable bonds is 7. The summed E-state index contributed by atoms with van der Waals surface area (Å²) in [5.74, 6) is 0.153.